The lowest BCUT2D eigenvalue weighted by molar-refractivity contribution is -0.123. The molecule has 0 aliphatic carbocycles. The summed E-state index contributed by atoms with van der Waals surface area (Å²) < 4.78 is 0. The Morgan fingerprint density at radius 1 is 0.373 bits per heavy atom. The van der Waals surface area contributed by atoms with Crippen LogP contribution in [-0.4, -0.2) is 59.4 Å². The maximum Gasteiger partial charge on any atom is 0.290 e. The van der Waals surface area contributed by atoms with Crippen molar-refractivity contribution in [1.82, 2.24) is 4.90 Å². The molecule has 0 aromatic rings. The van der Waals surface area contributed by atoms with Crippen LogP contribution in [0.15, 0.2) is 0 Å². The van der Waals surface area contributed by atoms with Gasteiger partial charge in [-0.2, -0.15) is 0 Å². The number of carboxylic acid groups (broad SMARTS) is 2. The van der Waals surface area contributed by atoms with Gasteiger partial charge in [-0.25, -0.2) is 0 Å². The Hall–Kier alpha value is -1.14. The van der Waals surface area contributed by atoms with Crippen LogP contribution in [0.4, 0.5) is 0 Å². The average Bonchev–Trinajstić information content (AvgIpc) is 3.12. The summed E-state index contributed by atoms with van der Waals surface area (Å²) in [6.07, 6.45) is 46.8. The van der Waals surface area contributed by atoms with Crippen molar-refractivity contribution in [1.29, 1.82) is 0 Å². The lowest BCUT2D eigenvalue weighted by atomic mass is 9.89. The standard InChI is InChI=1S/C43H89NO.2CH2O2/c1-5-9-12-15-19-26-33-42(32-8-4)34-27-20-16-22-29-38-44(40-31-41-45)39-30-23-17-21-28-37-43(35-24-14-11-7-3)36-25-18-13-10-6-2;2*2-1-3/h42-43,45H,5-41H2,1-4H3;2*1H,(H,2,3). The minimum absolute atomic E-state index is 0.250. The molecule has 0 aromatic carbocycles. The van der Waals surface area contributed by atoms with Gasteiger partial charge in [-0.15, -0.1) is 0 Å². The summed E-state index contributed by atoms with van der Waals surface area (Å²) in [6, 6.07) is 0. The summed E-state index contributed by atoms with van der Waals surface area (Å²) in [6.45, 7) is 12.8. The van der Waals surface area contributed by atoms with E-state index in [4.69, 9.17) is 19.8 Å². The van der Waals surface area contributed by atoms with E-state index in [1.807, 2.05) is 0 Å². The first-order valence-electron chi connectivity index (χ1n) is 22.5. The van der Waals surface area contributed by atoms with Gasteiger partial charge in [-0.1, -0.05) is 220 Å². The van der Waals surface area contributed by atoms with Gasteiger partial charge in [-0.05, 0) is 44.2 Å². The van der Waals surface area contributed by atoms with Gasteiger partial charge in [0.25, 0.3) is 12.9 Å². The molecule has 0 aromatic heterocycles. The fourth-order valence-electron chi connectivity index (χ4n) is 7.61. The van der Waals surface area contributed by atoms with Gasteiger partial charge in [-0.3, -0.25) is 9.59 Å². The topological polar surface area (TPSA) is 98.1 Å². The molecule has 6 nitrogen and oxygen atoms in total. The van der Waals surface area contributed by atoms with E-state index < -0.39 is 0 Å². The molecule has 51 heavy (non-hydrogen) atoms. The van der Waals surface area contributed by atoms with Crippen LogP contribution in [-0.2, 0) is 9.59 Å². The summed E-state index contributed by atoms with van der Waals surface area (Å²) in [5.41, 5.74) is 0. The van der Waals surface area contributed by atoms with E-state index in [2.05, 4.69) is 32.6 Å². The van der Waals surface area contributed by atoms with Crippen molar-refractivity contribution in [3.63, 3.8) is 0 Å². The molecule has 0 rings (SSSR count). The normalized spacial score (nSPS) is 12.1. The van der Waals surface area contributed by atoms with Gasteiger partial charge in [0.05, 0.1) is 0 Å². The number of aliphatic hydroxyl groups excluding tert-OH is 1. The number of hydrogen-bond acceptors (Lipinski definition) is 4. The van der Waals surface area contributed by atoms with Crippen LogP contribution in [0.5, 0.6) is 0 Å². The van der Waals surface area contributed by atoms with Crippen molar-refractivity contribution in [2.45, 2.75) is 240 Å². The van der Waals surface area contributed by atoms with Crippen molar-refractivity contribution >= 4 is 12.9 Å². The molecule has 0 saturated heterocycles. The van der Waals surface area contributed by atoms with Gasteiger partial charge < -0.3 is 20.2 Å². The first-order valence-corrected chi connectivity index (χ1v) is 22.5. The Morgan fingerprint density at radius 3 is 0.941 bits per heavy atom. The molecule has 2 atom stereocenters. The summed E-state index contributed by atoms with van der Waals surface area (Å²) in [5.74, 6) is 1.99. The number of nitrogens with zero attached hydrogens (tertiary/aromatic N) is 1. The minimum Gasteiger partial charge on any atom is -0.483 e. The largest absolute Gasteiger partial charge is 0.483 e. The number of carbonyl (C=O) groups is 2. The van der Waals surface area contributed by atoms with Crippen molar-refractivity contribution in [2.24, 2.45) is 11.8 Å². The SMILES string of the molecule is CCCCCCCCC(CCC)CCCCCCCN(CCCO)CCCCCCCC(CCCCCC)CCCCCCC.O=CO.O=CO. The second-order valence-corrected chi connectivity index (χ2v) is 15.4. The summed E-state index contributed by atoms with van der Waals surface area (Å²) >= 11 is 0. The quantitative estimate of drug-likeness (QED) is 0.0431. The van der Waals surface area contributed by atoms with Gasteiger partial charge in [0.2, 0.25) is 0 Å². The molecule has 0 heterocycles. The molecule has 308 valence electrons. The van der Waals surface area contributed by atoms with Crippen LogP contribution >= 0.6 is 0 Å². The van der Waals surface area contributed by atoms with Gasteiger partial charge in [0, 0.05) is 13.2 Å². The molecule has 3 N–H and O–H groups in total. The highest BCUT2D eigenvalue weighted by atomic mass is 16.3. The van der Waals surface area contributed by atoms with E-state index in [9.17, 15) is 5.11 Å². The van der Waals surface area contributed by atoms with Crippen LogP contribution in [0.2, 0.25) is 0 Å². The molecule has 0 spiro atoms. The Morgan fingerprint density at radius 2 is 0.627 bits per heavy atom. The van der Waals surface area contributed by atoms with Crippen molar-refractivity contribution in [3.05, 3.63) is 0 Å². The molecular weight excluding hydrogens is 634 g/mol. The lowest BCUT2D eigenvalue weighted by Gasteiger charge is -2.22. The first-order chi connectivity index (χ1) is 25.0. The van der Waals surface area contributed by atoms with Crippen LogP contribution in [0, 0.1) is 11.8 Å². The van der Waals surface area contributed by atoms with E-state index in [1.165, 1.54) is 219 Å². The predicted molar refractivity (Wildman–Crippen MR) is 223 cm³/mol. The van der Waals surface area contributed by atoms with E-state index >= 15 is 0 Å². The summed E-state index contributed by atoms with van der Waals surface area (Å²) in [7, 11) is 0. The van der Waals surface area contributed by atoms with Crippen LogP contribution in [0.3, 0.4) is 0 Å². The van der Waals surface area contributed by atoms with Crippen LogP contribution in [0.25, 0.3) is 0 Å². The fourth-order valence-corrected chi connectivity index (χ4v) is 7.61. The van der Waals surface area contributed by atoms with Gasteiger partial charge in [0.1, 0.15) is 0 Å². The van der Waals surface area contributed by atoms with E-state index in [0.29, 0.717) is 6.61 Å². The zero-order valence-electron chi connectivity index (χ0n) is 35.1. The van der Waals surface area contributed by atoms with Crippen LogP contribution in [0.1, 0.15) is 240 Å². The average molecular weight is 728 g/mol. The summed E-state index contributed by atoms with van der Waals surface area (Å²) in [5, 5.41) is 23.2. The molecule has 0 saturated carbocycles. The van der Waals surface area contributed by atoms with E-state index in [1.54, 1.807) is 0 Å². The fraction of sp³-hybridized carbons (Fsp3) is 0.956. The Kier molecular flexibility index (Phi) is 54.2. The van der Waals surface area contributed by atoms with E-state index in [-0.39, 0.29) is 12.9 Å². The second kappa shape index (κ2) is 51.0. The number of unbranched alkanes of at least 4 members (excludes halogenated alkanes) is 20. The van der Waals surface area contributed by atoms with Crippen molar-refractivity contribution < 1.29 is 24.9 Å². The Bertz CT molecular complexity index is 613. The Balaban J connectivity index is -0.00000356. The molecule has 6 heteroatoms. The zero-order valence-corrected chi connectivity index (χ0v) is 35.1. The third kappa shape index (κ3) is 48.9. The second-order valence-electron chi connectivity index (χ2n) is 15.4. The first kappa shape index (κ1) is 54.2. The third-order valence-corrected chi connectivity index (χ3v) is 10.7. The molecule has 0 amide bonds. The molecule has 2 unspecified atom stereocenters. The number of aliphatic hydroxyl groups is 1. The summed E-state index contributed by atoms with van der Waals surface area (Å²) in [4.78, 5) is 19.4. The van der Waals surface area contributed by atoms with Gasteiger partial charge >= 0.3 is 0 Å². The molecule has 0 bridgehead atoms. The Labute approximate surface area is 319 Å². The highest BCUT2D eigenvalue weighted by Gasteiger charge is 2.10. The number of hydrogen-bond donors (Lipinski definition) is 3. The van der Waals surface area contributed by atoms with Crippen LogP contribution < -0.4 is 0 Å². The molecule has 0 aliphatic rings. The van der Waals surface area contributed by atoms with Crippen molar-refractivity contribution in [2.75, 3.05) is 26.2 Å². The maximum absolute atomic E-state index is 9.43. The van der Waals surface area contributed by atoms with E-state index in [0.717, 1.165) is 24.8 Å². The predicted octanol–water partition coefficient (Wildman–Crippen LogP) is 13.9. The lowest BCUT2D eigenvalue weighted by Crippen LogP contribution is -2.27. The number of rotatable bonds is 39. The van der Waals surface area contributed by atoms with Gasteiger partial charge in [0.15, 0.2) is 0 Å². The smallest absolute Gasteiger partial charge is 0.290 e. The molecule has 0 fully saturated rings. The maximum atomic E-state index is 9.43. The molecule has 0 aliphatic heterocycles. The molecular formula is C45H93NO5. The highest BCUT2D eigenvalue weighted by molar-refractivity contribution is 5.33. The zero-order chi connectivity index (χ0) is 38.3. The monoisotopic (exact) mass is 728 g/mol. The molecule has 0 radical (unpaired) electrons. The third-order valence-electron chi connectivity index (χ3n) is 10.7. The minimum atomic E-state index is -0.250. The highest BCUT2D eigenvalue weighted by Crippen LogP contribution is 2.25. The van der Waals surface area contributed by atoms with Crippen molar-refractivity contribution in [3.8, 4) is 0 Å².